The van der Waals surface area contributed by atoms with E-state index in [0.717, 1.165) is 119 Å². The number of aromatic nitrogens is 7. The van der Waals surface area contributed by atoms with E-state index in [9.17, 15) is 79.2 Å². The lowest BCUT2D eigenvalue weighted by atomic mass is 9.80. The summed E-state index contributed by atoms with van der Waals surface area (Å²) in [6.07, 6.45) is 4.03. The number of ketones is 2. The van der Waals surface area contributed by atoms with Gasteiger partial charge in [-0.05, 0) is 179 Å². The first kappa shape index (κ1) is 87.9. The highest BCUT2D eigenvalue weighted by Crippen LogP contribution is 2.47. The summed E-state index contributed by atoms with van der Waals surface area (Å²) in [6.45, 7) is 0.867. The number of aliphatic imine (C=N–C) groups is 1. The van der Waals surface area contributed by atoms with Crippen molar-refractivity contribution in [3.05, 3.63) is 118 Å². The summed E-state index contributed by atoms with van der Waals surface area (Å²) >= 11 is 0. The van der Waals surface area contributed by atoms with Gasteiger partial charge in [-0.25, -0.2) is 89.7 Å². The lowest BCUT2D eigenvalue weighted by molar-refractivity contribution is -0.139. The number of benzene rings is 3. The molecule has 117 heavy (non-hydrogen) atoms. The molecule has 2 saturated heterocycles. The fourth-order valence-corrected chi connectivity index (χ4v) is 17.7. The van der Waals surface area contributed by atoms with Crippen LogP contribution in [0.5, 0.6) is 0 Å². The molecule has 0 radical (unpaired) electrons. The number of fused-ring (bicyclic) bond motifs is 3. The summed E-state index contributed by atoms with van der Waals surface area (Å²) in [5.74, 6) is -3.50. The molecular formula is C79H91F9N12O12S5. The molecule has 8 fully saturated rings. The van der Waals surface area contributed by atoms with E-state index in [1.54, 1.807) is 36.4 Å². The number of nitrogens with two attached hydrogens (primary N) is 1. The summed E-state index contributed by atoms with van der Waals surface area (Å²) in [6, 6.07) is 20.2. The average molecular weight is 1730 g/mol. The van der Waals surface area contributed by atoms with Crippen molar-refractivity contribution in [2.45, 2.75) is 218 Å². The van der Waals surface area contributed by atoms with E-state index in [1.807, 2.05) is 18.2 Å². The molecule has 8 atom stereocenters. The first-order valence-electron chi connectivity index (χ1n) is 38.4. The van der Waals surface area contributed by atoms with Crippen molar-refractivity contribution >= 4 is 148 Å². The molecule has 0 spiro atoms. The number of imidazole rings is 2. The third-order valence-electron chi connectivity index (χ3n) is 22.4. The Bertz CT molecular complexity index is 5490. The topological polar surface area (TPSA) is 341 Å². The van der Waals surface area contributed by atoms with E-state index < -0.39 is 115 Å². The van der Waals surface area contributed by atoms with Gasteiger partial charge in [-0.3, -0.25) is 28.5 Å². The molecule has 24 nitrogen and oxygen atoms in total. The van der Waals surface area contributed by atoms with E-state index in [0.29, 0.717) is 66.6 Å². The molecule has 3 aromatic carbocycles. The molecule has 38 heteroatoms. The molecule has 0 amide bonds. The molecule has 2 unspecified atom stereocenters. The maximum absolute atomic E-state index is 14.3. The first-order chi connectivity index (χ1) is 54.6. The highest BCUT2D eigenvalue weighted by molar-refractivity contribution is 7.91. The lowest BCUT2D eigenvalue weighted by Gasteiger charge is -2.26. The average Bonchev–Trinajstić information content (AvgIpc) is 1.63. The molecule has 17 rings (SSSR count). The maximum atomic E-state index is 14.3. The van der Waals surface area contributed by atoms with Gasteiger partial charge in [0.25, 0.3) is 19.3 Å². The van der Waals surface area contributed by atoms with Crippen LogP contribution >= 0.6 is 27.0 Å². The second-order valence-electron chi connectivity index (χ2n) is 31.1. The number of aliphatic carboxylic acids is 1. The van der Waals surface area contributed by atoms with Gasteiger partial charge in [-0.15, -0.1) is 0 Å². The Morgan fingerprint density at radius 2 is 0.863 bits per heavy atom. The van der Waals surface area contributed by atoms with Crippen LogP contribution < -0.4 is 21.7 Å². The zero-order chi connectivity index (χ0) is 81.9. The molecule has 8 heterocycles. The van der Waals surface area contributed by atoms with Crippen LogP contribution in [0.15, 0.2) is 92.5 Å². The van der Waals surface area contributed by atoms with Crippen molar-refractivity contribution in [2.24, 2.45) is 22.7 Å². The van der Waals surface area contributed by atoms with Crippen LogP contribution in [0.3, 0.4) is 0 Å². The smallest absolute Gasteiger partial charge is 0.309 e. The van der Waals surface area contributed by atoms with Gasteiger partial charge in [0.05, 0.1) is 89.4 Å². The molecule has 3 aliphatic heterocycles. The highest BCUT2D eigenvalue weighted by Gasteiger charge is 2.46. The van der Waals surface area contributed by atoms with Gasteiger partial charge in [-0.1, -0.05) is 37.5 Å². The van der Waals surface area contributed by atoms with Gasteiger partial charge in [-0.2, -0.15) is 27.0 Å². The van der Waals surface area contributed by atoms with Crippen LogP contribution in [0, 0.1) is 17.8 Å². The molecule has 632 valence electrons. The molecule has 5 aromatic heterocycles. The molecule has 6 saturated carbocycles. The fraction of sp³-hybridized carbons (Fsp3) is 0.506. The van der Waals surface area contributed by atoms with Crippen LogP contribution in [-0.2, 0) is 72.6 Å². The Balaban J connectivity index is 0.000000154. The number of carbonyl (C=O) groups is 3. The summed E-state index contributed by atoms with van der Waals surface area (Å²) in [4.78, 5) is 60.7. The zero-order valence-electron chi connectivity index (χ0n) is 64.0. The van der Waals surface area contributed by atoms with Crippen molar-refractivity contribution in [2.75, 3.05) is 53.7 Å². The van der Waals surface area contributed by atoms with Gasteiger partial charge in [0.2, 0.25) is 0 Å². The Morgan fingerprint density at radius 1 is 0.487 bits per heavy atom. The minimum Gasteiger partial charge on any atom is -0.481 e. The molecule has 0 bridgehead atoms. The number of carbonyl (C=O) groups excluding carboxylic acids is 2. The van der Waals surface area contributed by atoms with Crippen LogP contribution in [0.2, 0.25) is 0 Å². The lowest BCUT2D eigenvalue weighted by Crippen LogP contribution is -2.21. The number of rotatable bonds is 24. The van der Waals surface area contributed by atoms with Crippen LogP contribution in [-0.4, -0.2) is 145 Å². The van der Waals surface area contributed by atoms with Crippen LogP contribution in [0.4, 0.5) is 85.1 Å². The fourth-order valence-electron chi connectivity index (χ4n) is 15.1. The number of nitrogens with zero attached hydrogens (tertiary/aromatic N) is 8. The maximum Gasteiger partial charge on any atom is 0.309 e. The Kier molecular flexibility index (Phi) is 26.9. The monoisotopic (exact) mass is 1730 g/mol. The molecule has 8 aromatic rings. The molecular weight excluding hydrogens is 1640 g/mol. The first-order valence-corrected chi connectivity index (χ1v) is 44.1. The number of carboxylic acids is 1. The van der Waals surface area contributed by atoms with E-state index in [-0.39, 0.29) is 160 Å². The zero-order valence-corrected chi connectivity index (χ0v) is 68.4. The number of carboxylic acid groups (broad SMARTS) is 1. The number of nitrogens with one attached hydrogen (secondary N) is 3. The minimum absolute atomic E-state index is 0. The number of Topliss-reactive ketones (excluding diaryl/α,β-unsaturated/α-hetero) is 2. The molecule has 9 aliphatic rings. The number of ether oxygens (including phenoxy) is 2. The van der Waals surface area contributed by atoms with Crippen LogP contribution in [0.25, 0.3) is 22.3 Å². The second kappa shape index (κ2) is 35.9. The Hall–Kier alpha value is -8.43. The number of hydrogen-bond acceptors (Lipinski definition) is 21. The van der Waals surface area contributed by atoms with E-state index in [1.165, 1.54) is 27.3 Å². The van der Waals surface area contributed by atoms with Crippen LogP contribution in [0.1, 0.15) is 204 Å². The third-order valence-corrected chi connectivity index (χ3v) is 25.8. The van der Waals surface area contributed by atoms with Crippen molar-refractivity contribution in [1.29, 1.82) is 0 Å². The van der Waals surface area contributed by atoms with E-state index >= 15 is 0 Å². The summed E-state index contributed by atoms with van der Waals surface area (Å²) in [5, 5.41) is 17.2. The second-order valence-corrected chi connectivity index (χ2v) is 37.1. The predicted octanol–water partition coefficient (Wildman–Crippen LogP) is 16.5. The standard InChI is InChI=1S/C28H31F3N4O4S.C24H24F3N3O3S.C23H27F2N5O3S.C4H5FO2.2H2S/c1-40(37,38)23-11-16(15-5-4-6-15)8-9-20(23)33-21-12-17(13-22(36)18-14-19(18)29)32-27-25(21)34-28(26(30)31)35(27)24-7-2-3-10-39-24;1-34(32,33)22-7-13(12-3-2-4-12)5-6-17(22)29-18-8-14(9-21(31)15-10-16(15)25)28-19-11-20(24(26)27)30-23(18)19;1-34(31,32)17-11-14(13-5-4-6-13)8-9-15(17)27-16-12-18(26)28-22-20(16)29-23(21(24)25)30(22)19-7-2-3-10-33-19;5-3-1-2(3)4(6)7;;/h8-9,11-12,15,18-19,24,26H,2-7,10,13-14H2,1H3,(H,32,33);5-8,12,15-16,24H,2-4,9-11H2,1H3,(H,28,29);8-9,11-13,19,21H,2-7,10H2,1H3,(H3,26,27,28);2-3H,1H2,(H,6,7);2*1H2/t18-,19+,24?;15-,16+;;2-,3+;;/m11.1../s1. The minimum atomic E-state index is -3.66. The van der Waals surface area contributed by atoms with Crippen molar-refractivity contribution in [3.63, 3.8) is 0 Å². The van der Waals surface area contributed by atoms with Crippen molar-refractivity contribution in [1.82, 2.24) is 34.1 Å². The number of nitrogen functional groups attached to an aromatic ring is 1. The SMILES string of the molecule is CS(=O)(=O)c1cc(C2CCC2)ccc1Nc1cc(CC(=O)[C@@H]2C[C@@H]2F)nc2c1N=C(C(F)F)C2.CS(=O)(=O)c1cc(C2CCC2)ccc1Nc1cc(CC(=O)[C@@H]2C[C@@H]2F)nc2c1nc(C(F)F)n2C1CCCCO1.CS(=O)(=O)c1cc(C2CCC2)ccc1Nc1cc(N)nc2c1nc(C(F)F)n2C1CCCCO1.O=C(O)[C@@H]1C[C@@H]1F.S.S. The van der Waals surface area contributed by atoms with Crippen molar-refractivity contribution < 1.29 is 93.7 Å². The van der Waals surface area contributed by atoms with Gasteiger partial charge in [0, 0.05) is 57.3 Å². The van der Waals surface area contributed by atoms with Gasteiger partial charge < -0.3 is 36.3 Å². The quantitative estimate of drug-likeness (QED) is 0.0351. The highest BCUT2D eigenvalue weighted by atomic mass is 32.2. The molecule has 6 N–H and O–H groups in total. The van der Waals surface area contributed by atoms with E-state index in [2.05, 4.69) is 45.9 Å². The summed E-state index contributed by atoms with van der Waals surface area (Å²) in [5.41, 5.74) is 11.9. The summed E-state index contributed by atoms with van der Waals surface area (Å²) < 4.78 is 212. The van der Waals surface area contributed by atoms with Crippen molar-refractivity contribution in [3.8, 4) is 0 Å². The number of alkyl halides is 9. The number of anilines is 7. The molecule has 6 aliphatic carbocycles. The number of sulfone groups is 3. The summed E-state index contributed by atoms with van der Waals surface area (Å²) in [7, 11) is -10.8. The number of halogens is 9. The van der Waals surface area contributed by atoms with Gasteiger partial charge in [0.15, 0.2) is 52.5 Å². The number of hydrogen-bond donors (Lipinski definition) is 5. The van der Waals surface area contributed by atoms with Gasteiger partial charge in [0.1, 0.15) is 65.1 Å². The largest absolute Gasteiger partial charge is 0.481 e. The third kappa shape index (κ3) is 20.0. The normalized spacial score (nSPS) is 22.2. The Labute approximate surface area is 683 Å². The van der Waals surface area contributed by atoms with E-state index in [4.69, 9.17) is 20.3 Å². The number of pyridine rings is 3. The predicted molar refractivity (Wildman–Crippen MR) is 431 cm³/mol. The Morgan fingerprint density at radius 3 is 1.20 bits per heavy atom. The van der Waals surface area contributed by atoms with Gasteiger partial charge >= 0.3 is 5.97 Å².